The number of carboxylic acid groups (broad SMARTS) is 1. The normalized spacial score (nSPS) is 19.8. The molecule has 1 N–H and O–H groups in total. The average molecular weight is 304 g/mol. The molecular weight excluding hydrogens is 282 g/mol. The van der Waals surface area contributed by atoms with E-state index in [1.54, 1.807) is 0 Å². The van der Waals surface area contributed by atoms with E-state index in [1.807, 2.05) is 21.6 Å². The number of nitrogens with zero attached hydrogens (tertiary/aromatic N) is 1. The van der Waals surface area contributed by atoms with Gasteiger partial charge in [0, 0.05) is 24.0 Å². The Morgan fingerprint density at radius 2 is 2.05 bits per heavy atom. The van der Waals surface area contributed by atoms with E-state index in [1.165, 1.54) is 18.6 Å². The predicted molar refractivity (Wildman–Crippen MR) is 80.7 cm³/mol. The van der Waals surface area contributed by atoms with E-state index in [0.717, 1.165) is 18.1 Å². The number of aliphatic imine (C=N–C) groups is 1. The molecule has 0 amide bonds. The van der Waals surface area contributed by atoms with E-state index >= 15 is 0 Å². The molecule has 1 atom stereocenters. The molecule has 0 aromatic rings. The highest BCUT2D eigenvalue weighted by Gasteiger charge is 2.15. The Kier molecular flexibility index (Phi) is 9.16. The standard InChI is InChI=1S/C13H23NO3S2/c15-12(14-9-4-3-7-13(16)17)6-2-1-5-11-8-10-18-19-11/h11H,1-10H2,(H,14,15)(H,16,17)/p-1/t11-/m1/s1. The summed E-state index contributed by atoms with van der Waals surface area (Å²) in [5.74, 6) is 0.456. The largest absolute Gasteiger partial charge is 0.862 e. The summed E-state index contributed by atoms with van der Waals surface area (Å²) in [4.78, 5) is 14.2. The van der Waals surface area contributed by atoms with Gasteiger partial charge in [-0.3, -0.25) is 4.79 Å². The van der Waals surface area contributed by atoms with Gasteiger partial charge in [-0.25, -0.2) is 0 Å². The highest BCUT2D eigenvalue weighted by atomic mass is 33.1. The molecule has 1 fully saturated rings. The molecule has 0 bridgehead atoms. The third-order valence-electron chi connectivity index (χ3n) is 2.98. The van der Waals surface area contributed by atoms with Gasteiger partial charge in [0.1, 0.15) is 0 Å². The van der Waals surface area contributed by atoms with Crippen molar-refractivity contribution in [2.24, 2.45) is 4.99 Å². The number of hydrogen-bond donors (Lipinski definition) is 1. The van der Waals surface area contributed by atoms with Crippen LogP contribution in [0.4, 0.5) is 0 Å². The van der Waals surface area contributed by atoms with E-state index in [2.05, 4.69) is 4.99 Å². The molecule has 1 saturated heterocycles. The number of rotatable bonds is 10. The number of aliphatic carboxylic acids is 1. The molecule has 6 heteroatoms. The quantitative estimate of drug-likeness (QED) is 0.291. The van der Waals surface area contributed by atoms with Gasteiger partial charge in [-0.2, -0.15) is 0 Å². The lowest BCUT2D eigenvalue weighted by Gasteiger charge is -2.11. The Morgan fingerprint density at radius 1 is 1.26 bits per heavy atom. The van der Waals surface area contributed by atoms with Crippen molar-refractivity contribution < 1.29 is 15.0 Å². The molecule has 1 rings (SSSR count). The van der Waals surface area contributed by atoms with Crippen LogP contribution in [0, 0.1) is 0 Å². The second-order valence-electron chi connectivity index (χ2n) is 4.70. The third kappa shape index (κ3) is 9.21. The van der Waals surface area contributed by atoms with Crippen LogP contribution in [0.15, 0.2) is 4.99 Å². The van der Waals surface area contributed by atoms with Gasteiger partial charge in [-0.1, -0.05) is 28.0 Å². The summed E-state index contributed by atoms with van der Waals surface area (Å²) >= 11 is 0. The fourth-order valence-corrected chi connectivity index (χ4v) is 4.91. The van der Waals surface area contributed by atoms with Crippen molar-refractivity contribution in [1.29, 1.82) is 0 Å². The molecule has 0 aromatic heterocycles. The molecular formula is C13H22NO3S2-. The van der Waals surface area contributed by atoms with Crippen molar-refractivity contribution in [3.05, 3.63) is 0 Å². The Labute approximate surface area is 122 Å². The maximum atomic E-state index is 11.4. The average Bonchev–Trinajstić information content (AvgIpc) is 2.87. The van der Waals surface area contributed by atoms with Crippen molar-refractivity contribution in [3.63, 3.8) is 0 Å². The van der Waals surface area contributed by atoms with Crippen molar-refractivity contribution in [2.45, 2.75) is 56.6 Å². The van der Waals surface area contributed by atoms with Crippen LogP contribution in [-0.4, -0.2) is 34.5 Å². The van der Waals surface area contributed by atoms with Crippen LogP contribution in [0.25, 0.3) is 0 Å². The number of hydrogen-bond acceptors (Lipinski definition) is 5. The van der Waals surface area contributed by atoms with E-state index in [4.69, 9.17) is 5.11 Å². The summed E-state index contributed by atoms with van der Waals surface area (Å²) in [6.07, 6.45) is 6.55. The molecule has 0 unspecified atom stereocenters. The third-order valence-corrected chi connectivity index (χ3v) is 5.99. The molecule has 4 nitrogen and oxygen atoms in total. The molecule has 1 heterocycles. The number of carbonyl (C=O) groups is 1. The first-order chi connectivity index (χ1) is 9.18. The van der Waals surface area contributed by atoms with E-state index < -0.39 is 5.97 Å². The fourth-order valence-electron chi connectivity index (χ4n) is 1.88. The summed E-state index contributed by atoms with van der Waals surface area (Å²) < 4.78 is 0. The highest BCUT2D eigenvalue weighted by molar-refractivity contribution is 8.77. The zero-order valence-electron chi connectivity index (χ0n) is 11.2. The molecule has 1 aliphatic heterocycles. The van der Waals surface area contributed by atoms with Crippen molar-refractivity contribution >= 4 is 33.5 Å². The summed E-state index contributed by atoms with van der Waals surface area (Å²) in [5.41, 5.74) is 0. The van der Waals surface area contributed by atoms with Crippen molar-refractivity contribution in [1.82, 2.24) is 0 Å². The molecule has 0 aromatic carbocycles. The van der Waals surface area contributed by atoms with E-state index in [0.29, 0.717) is 25.8 Å². The maximum Gasteiger partial charge on any atom is 0.303 e. The molecule has 0 saturated carbocycles. The zero-order chi connectivity index (χ0) is 13.9. The lowest BCUT2D eigenvalue weighted by atomic mass is 10.1. The number of unbranched alkanes of at least 4 members (excludes halogenated alkanes) is 2. The maximum absolute atomic E-state index is 11.4. The van der Waals surface area contributed by atoms with Crippen LogP contribution in [0.2, 0.25) is 0 Å². The molecule has 0 radical (unpaired) electrons. The fraction of sp³-hybridized carbons (Fsp3) is 0.846. The second-order valence-corrected chi connectivity index (χ2v) is 7.49. The molecule has 0 aliphatic carbocycles. The Balaban J connectivity index is 1.93. The first kappa shape index (κ1) is 16.7. The van der Waals surface area contributed by atoms with Crippen LogP contribution in [0.5, 0.6) is 0 Å². The van der Waals surface area contributed by atoms with Crippen molar-refractivity contribution in [2.75, 3.05) is 12.3 Å². The molecule has 110 valence electrons. The minimum Gasteiger partial charge on any atom is -0.862 e. The van der Waals surface area contributed by atoms with Crippen LogP contribution in [-0.2, 0) is 4.79 Å². The van der Waals surface area contributed by atoms with Crippen LogP contribution in [0.3, 0.4) is 0 Å². The van der Waals surface area contributed by atoms with Gasteiger partial charge >= 0.3 is 5.97 Å². The summed E-state index contributed by atoms with van der Waals surface area (Å²) in [5, 5.41) is 20.7. The summed E-state index contributed by atoms with van der Waals surface area (Å²) in [6, 6.07) is 0. The van der Waals surface area contributed by atoms with Crippen molar-refractivity contribution in [3.8, 4) is 0 Å². The topological polar surface area (TPSA) is 72.7 Å². The van der Waals surface area contributed by atoms with Gasteiger partial charge in [0.15, 0.2) is 0 Å². The SMILES string of the molecule is O=C(O)CCCCN=C([O-])CCCC[C@@H]1CCSS1. The predicted octanol–water partition coefficient (Wildman–Crippen LogP) is 2.71. The zero-order valence-corrected chi connectivity index (χ0v) is 12.8. The van der Waals surface area contributed by atoms with Gasteiger partial charge in [0.2, 0.25) is 0 Å². The van der Waals surface area contributed by atoms with Gasteiger partial charge in [-0.05, 0) is 44.4 Å². The summed E-state index contributed by atoms with van der Waals surface area (Å²) in [6.45, 7) is 0.473. The highest BCUT2D eigenvalue weighted by Crippen LogP contribution is 2.39. The Morgan fingerprint density at radius 3 is 2.74 bits per heavy atom. The number of carboxylic acids is 1. The second kappa shape index (κ2) is 10.4. The molecule has 0 spiro atoms. The minimum absolute atomic E-state index is 0.0243. The molecule has 19 heavy (non-hydrogen) atoms. The monoisotopic (exact) mass is 304 g/mol. The first-order valence-corrected chi connectivity index (χ1v) is 9.27. The van der Waals surface area contributed by atoms with E-state index in [9.17, 15) is 9.90 Å². The van der Waals surface area contributed by atoms with E-state index in [-0.39, 0.29) is 12.3 Å². The lowest BCUT2D eigenvalue weighted by molar-refractivity contribution is -0.219. The first-order valence-electron chi connectivity index (χ1n) is 6.89. The smallest absolute Gasteiger partial charge is 0.303 e. The summed E-state index contributed by atoms with van der Waals surface area (Å²) in [7, 11) is 3.94. The Hall–Kier alpha value is -0.360. The van der Waals surface area contributed by atoms with Crippen LogP contribution in [0.1, 0.15) is 51.4 Å². The van der Waals surface area contributed by atoms with Gasteiger partial charge in [0.05, 0.1) is 0 Å². The Bertz CT molecular complexity index is 292. The van der Waals surface area contributed by atoms with Crippen LogP contribution < -0.4 is 5.11 Å². The van der Waals surface area contributed by atoms with Gasteiger partial charge in [-0.15, -0.1) is 0 Å². The molecule has 1 aliphatic rings. The minimum atomic E-state index is -0.783. The van der Waals surface area contributed by atoms with Gasteiger partial charge < -0.3 is 15.2 Å². The lowest BCUT2D eigenvalue weighted by Crippen LogP contribution is -2.17. The van der Waals surface area contributed by atoms with Gasteiger partial charge in [0.25, 0.3) is 0 Å². The van der Waals surface area contributed by atoms with Crippen LogP contribution >= 0.6 is 21.6 Å².